The second-order valence-electron chi connectivity index (χ2n) is 7.31. The van der Waals surface area contributed by atoms with Crippen LogP contribution < -0.4 is 0 Å². The monoisotopic (exact) mass is 270 g/mol. The molecule has 0 aromatic carbocycles. The van der Waals surface area contributed by atoms with Crippen molar-refractivity contribution in [3.8, 4) is 0 Å². The average Bonchev–Trinajstić information content (AvgIpc) is 2.14. The molecule has 0 aromatic heterocycles. The van der Waals surface area contributed by atoms with E-state index in [0.29, 0.717) is 6.42 Å². The first-order chi connectivity index (χ1) is 8.10. The summed E-state index contributed by atoms with van der Waals surface area (Å²) in [7, 11) is -1.71. The molecule has 0 aromatic rings. The molecule has 0 saturated heterocycles. The van der Waals surface area contributed by atoms with Gasteiger partial charge in [-0.15, -0.1) is 6.58 Å². The number of hydrogen-bond donors (Lipinski definition) is 1. The van der Waals surface area contributed by atoms with E-state index in [1.165, 1.54) is 0 Å². The molecule has 18 heavy (non-hydrogen) atoms. The summed E-state index contributed by atoms with van der Waals surface area (Å²) >= 11 is 0. The molecule has 1 N–H and O–H groups in total. The van der Waals surface area contributed by atoms with Crippen LogP contribution in [-0.4, -0.2) is 25.1 Å². The predicted octanol–water partition coefficient (Wildman–Crippen LogP) is 4.26. The van der Waals surface area contributed by atoms with Crippen molar-refractivity contribution in [2.45, 2.75) is 82.7 Å². The fourth-order valence-corrected chi connectivity index (χ4v) is 3.82. The van der Waals surface area contributed by atoms with E-state index in [4.69, 9.17) is 4.43 Å². The molecule has 2 nitrogen and oxygen atoms in total. The first-order valence-electron chi connectivity index (χ1n) is 7.11. The molecular formula is C15H30O2Si. The molecule has 0 bridgehead atoms. The minimum absolute atomic E-state index is 0.226. The van der Waals surface area contributed by atoms with Crippen molar-refractivity contribution in [2.24, 2.45) is 0 Å². The Hall–Kier alpha value is -0.123. The minimum atomic E-state index is -1.71. The molecule has 0 amide bonds. The van der Waals surface area contributed by atoms with Gasteiger partial charge in [-0.2, -0.15) is 0 Å². The maximum Gasteiger partial charge on any atom is 0.192 e. The third-order valence-corrected chi connectivity index (χ3v) is 9.10. The Morgan fingerprint density at radius 3 is 2.56 bits per heavy atom. The molecule has 1 rings (SSSR count). The maximum absolute atomic E-state index is 10.5. The molecular weight excluding hydrogens is 240 g/mol. The highest BCUT2D eigenvalue weighted by molar-refractivity contribution is 6.74. The van der Waals surface area contributed by atoms with Gasteiger partial charge in [-0.1, -0.05) is 26.8 Å². The molecule has 0 radical (unpaired) electrons. The van der Waals surface area contributed by atoms with Gasteiger partial charge in [0.1, 0.15) is 0 Å². The van der Waals surface area contributed by atoms with Gasteiger partial charge >= 0.3 is 0 Å². The molecule has 0 spiro atoms. The van der Waals surface area contributed by atoms with Crippen molar-refractivity contribution < 1.29 is 9.53 Å². The fraction of sp³-hybridized carbons (Fsp3) is 0.867. The van der Waals surface area contributed by atoms with E-state index in [0.717, 1.165) is 25.7 Å². The average molecular weight is 270 g/mol. The van der Waals surface area contributed by atoms with E-state index in [2.05, 4.69) is 40.4 Å². The summed E-state index contributed by atoms with van der Waals surface area (Å²) in [6.45, 7) is 15.1. The summed E-state index contributed by atoms with van der Waals surface area (Å²) in [5.74, 6) is 0. The summed E-state index contributed by atoms with van der Waals surface area (Å²) in [5, 5.41) is 10.7. The quantitative estimate of drug-likeness (QED) is 0.611. The summed E-state index contributed by atoms with van der Waals surface area (Å²) in [6, 6.07) is 0. The van der Waals surface area contributed by atoms with Gasteiger partial charge in [0.25, 0.3) is 0 Å². The predicted molar refractivity (Wildman–Crippen MR) is 80.3 cm³/mol. The van der Waals surface area contributed by atoms with Gasteiger partial charge in [0.15, 0.2) is 8.32 Å². The highest BCUT2D eigenvalue weighted by atomic mass is 28.4. The van der Waals surface area contributed by atoms with Crippen LogP contribution in [0.1, 0.15) is 52.9 Å². The molecule has 2 atom stereocenters. The Morgan fingerprint density at radius 2 is 2.06 bits per heavy atom. The number of aliphatic hydroxyl groups is 1. The van der Waals surface area contributed by atoms with Crippen molar-refractivity contribution in [1.82, 2.24) is 0 Å². The molecule has 1 fully saturated rings. The molecule has 1 aliphatic carbocycles. The van der Waals surface area contributed by atoms with Crippen LogP contribution in [0.3, 0.4) is 0 Å². The summed E-state index contributed by atoms with van der Waals surface area (Å²) in [6.07, 6.45) is 6.54. The zero-order chi connectivity index (χ0) is 14.0. The minimum Gasteiger partial charge on any atom is -0.414 e. The van der Waals surface area contributed by atoms with Crippen LogP contribution in [-0.2, 0) is 4.43 Å². The third kappa shape index (κ3) is 3.94. The van der Waals surface area contributed by atoms with Crippen LogP contribution in [0.15, 0.2) is 12.7 Å². The highest BCUT2D eigenvalue weighted by Gasteiger charge is 2.42. The Morgan fingerprint density at radius 1 is 1.44 bits per heavy atom. The number of hydrogen-bond acceptors (Lipinski definition) is 2. The zero-order valence-electron chi connectivity index (χ0n) is 12.8. The van der Waals surface area contributed by atoms with Crippen LogP contribution in [0.2, 0.25) is 18.1 Å². The van der Waals surface area contributed by atoms with E-state index >= 15 is 0 Å². The lowest BCUT2D eigenvalue weighted by molar-refractivity contribution is -0.0386. The van der Waals surface area contributed by atoms with Crippen LogP contribution in [0.25, 0.3) is 0 Å². The van der Waals surface area contributed by atoms with Crippen LogP contribution in [0.4, 0.5) is 0 Å². The molecule has 0 aliphatic heterocycles. The van der Waals surface area contributed by atoms with E-state index < -0.39 is 13.9 Å². The van der Waals surface area contributed by atoms with E-state index in [1.54, 1.807) is 0 Å². The van der Waals surface area contributed by atoms with Crippen LogP contribution in [0.5, 0.6) is 0 Å². The molecule has 3 heteroatoms. The van der Waals surface area contributed by atoms with Gasteiger partial charge in [0.2, 0.25) is 0 Å². The van der Waals surface area contributed by atoms with Crippen molar-refractivity contribution in [3.63, 3.8) is 0 Å². The SMILES string of the molecule is C=CC[C@@]1(O)CCC[C@H](O[Si](C)(C)C(C)(C)C)C1. The summed E-state index contributed by atoms with van der Waals surface area (Å²) < 4.78 is 6.43. The first kappa shape index (κ1) is 15.9. The lowest BCUT2D eigenvalue weighted by atomic mass is 9.81. The van der Waals surface area contributed by atoms with E-state index in [9.17, 15) is 5.11 Å². The Bertz CT molecular complexity index is 293. The summed E-state index contributed by atoms with van der Waals surface area (Å²) in [5.41, 5.74) is -0.576. The van der Waals surface area contributed by atoms with E-state index in [-0.39, 0.29) is 11.1 Å². The van der Waals surface area contributed by atoms with Crippen LogP contribution in [0, 0.1) is 0 Å². The largest absolute Gasteiger partial charge is 0.414 e. The fourth-order valence-electron chi connectivity index (χ4n) is 2.43. The van der Waals surface area contributed by atoms with Crippen molar-refractivity contribution in [1.29, 1.82) is 0 Å². The lowest BCUT2D eigenvalue weighted by Crippen LogP contribution is -2.47. The Balaban J connectivity index is 2.66. The van der Waals surface area contributed by atoms with Gasteiger partial charge in [0.05, 0.1) is 5.60 Å². The standard InChI is InChI=1S/C15H30O2Si/c1-7-10-15(16)11-8-9-13(12-15)17-18(5,6)14(2,3)4/h7,13,16H,1,8-12H2,2-6H3/t13-,15+/m0/s1. The number of rotatable bonds is 4. The Labute approximate surface area is 114 Å². The summed E-state index contributed by atoms with van der Waals surface area (Å²) in [4.78, 5) is 0. The lowest BCUT2D eigenvalue weighted by Gasteiger charge is -2.43. The van der Waals surface area contributed by atoms with Gasteiger partial charge in [-0.3, -0.25) is 0 Å². The second kappa shape index (κ2) is 5.47. The molecule has 0 heterocycles. The molecule has 1 aliphatic rings. The second-order valence-corrected chi connectivity index (χ2v) is 12.1. The van der Waals surface area contributed by atoms with Gasteiger partial charge < -0.3 is 9.53 Å². The molecule has 0 unspecified atom stereocenters. The van der Waals surface area contributed by atoms with Crippen LogP contribution >= 0.6 is 0 Å². The first-order valence-corrected chi connectivity index (χ1v) is 10.0. The Kier molecular flexibility index (Phi) is 4.85. The van der Waals surface area contributed by atoms with Gasteiger partial charge in [-0.05, 0) is 43.8 Å². The van der Waals surface area contributed by atoms with Gasteiger partial charge in [-0.25, -0.2) is 0 Å². The van der Waals surface area contributed by atoms with Crippen molar-refractivity contribution in [3.05, 3.63) is 12.7 Å². The zero-order valence-corrected chi connectivity index (χ0v) is 13.8. The topological polar surface area (TPSA) is 29.5 Å². The molecule has 106 valence electrons. The molecule has 1 saturated carbocycles. The normalized spacial score (nSPS) is 30.2. The smallest absolute Gasteiger partial charge is 0.192 e. The highest BCUT2D eigenvalue weighted by Crippen LogP contribution is 2.41. The third-order valence-electron chi connectivity index (χ3n) is 4.57. The van der Waals surface area contributed by atoms with E-state index in [1.807, 2.05) is 6.08 Å². The van der Waals surface area contributed by atoms with Gasteiger partial charge in [0, 0.05) is 12.5 Å². The maximum atomic E-state index is 10.5. The van der Waals surface area contributed by atoms with Crippen molar-refractivity contribution >= 4 is 8.32 Å². The van der Waals surface area contributed by atoms with Crippen molar-refractivity contribution in [2.75, 3.05) is 0 Å².